The minimum absolute atomic E-state index is 0.0753. The Morgan fingerprint density at radius 3 is 2.55 bits per heavy atom. The third-order valence-electron chi connectivity index (χ3n) is 2.96. The molecule has 1 saturated heterocycles. The van der Waals surface area contributed by atoms with E-state index >= 15 is 0 Å². The summed E-state index contributed by atoms with van der Waals surface area (Å²) in [6.45, 7) is -0.319. The van der Waals surface area contributed by atoms with Gasteiger partial charge < -0.3 is 29.5 Å². The smallest absolute Gasteiger partial charge is 0.187 e. The number of phenols is 1. The number of aliphatic hydroxyl groups excluding tert-OH is 2. The van der Waals surface area contributed by atoms with Gasteiger partial charge in [0.1, 0.15) is 25.4 Å². The molecule has 1 aliphatic heterocycles. The number of benzene rings is 1. The lowest BCUT2D eigenvalue weighted by atomic mass is 10.0. The number of hydrogen-bond donors (Lipinski definition) is 3. The van der Waals surface area contributed by atoms with E-state index in [0.29, 0.717) is 5.56 Å². The zero-order valence-electron chi connectivity index (χ0n) is 10.9. The Morgan fingerprint density at radius 1 is 1.30 bits per heavy atom. The molecule has 1 aromatic rings. The molecule has 0 saturated carbocycles. The number of methoxy groups -OCH3 is 1. The van der Waals surface area contributed by atoms with E-state index < -0.39 is 18.5 Å². The Balaban J connectivity index is 2.09. The third-order valence-corrected chi connectivity index (χ3v) is 2.96. The van der Waals surface area contributed by atoms with Crippen molar-refractivity contribution in [2.75, 3.05) is 20.3 Å². The second kappa shape index (κ2) is 6.19. The van der Waals surface area contributed by atoms with Crippen LogP contribution in [0.3, 0.4) is 0 Å². The van der Waals surface area contributed by atoms with Crippen LogP contribution in [0.25, 0.3) is 0 Å². The molecule has 0 unspecified atom stereocenters. The highest BCUT2D eigenvalue weighted by Crippen LogP contribution is 2.31. The molecule has 7 heteroatoms. The van der Waals surface area contributed by atoms with E-state index in [-0.39, 0.29) is 30.5 Å². The van der Waals surface area contributed by atoms with E-state index in [0.717, 1.165) is 0 Å². The summed E-state index contributed by atoms with van der Waals surface area (Å²) >= 11 is 0. The number of hydrogen-bond acceptors (Lipinski definition) is 7. The van der Waals surface area contributed by atoms with Gasteiger partial charge in [-0.25, -0.2) is 0 Å². The highest BCUT2D eigenvalue weighted by molar-refractivity contribution is 5.81. The van der Waals surface area contributed by atoms with Crippen molar-refractivity contribution in [3.05, 3.63) is 23.8 Å². The van der Waals surface area contributed by atoms with E-state index in [9.17, 15) is 20.1 Å². The van der Waals surface area contributed by atoms with Crippen molar-refractivity contribution in [1.82, 2.24) is 0 Å². The average Bonchev–Trinajstić information content (AvgIpc) is 2.47. The first-order valence-corrected chi connectivity index (χ1v) is 6.01. The fourth-order valence-corrected chi connectivity index (χ4v) is 1.86. The van der Waals surface area contributed by atoms with E-state index in [1.807, 2.05) is 0 Å². The van der Waals surface area contributed by atoms with Gasteiger partial charge in [0, 0.05) is 0 Å². The first-order chi connectivity index (χ1) is 9.52. The van der Waals surface area contributed by atoms with Crippen molar-refractivity contribution >= 4 is 5.78 Å². The molecule has 0 bridgehead atoms. The lowest BCUT2D eigenvalue weighted by Crippen LogP contribution is -2.42. The Kier molecular flexibility index (Phi) is 4.56. The maximum absolute atomic E-state index is 11.0. The van der Waals surface area contributed by atoms with Gasteiger partial charge in [-0.3, -0.25) is 4.79 Å². The molecule has 2 rings (SSSR count). The Hall–Kier alpha value is -1.67. The van der Waals surface area contributed by atoms with Gasteiger partial charge in [0.2, 0.25) is 0 Å². The minimum Gasteiger partial charge on any atom is -0.504 e. The molecule has 1 aromatic carbocycles. The number of ether oxygens (including phenoxy) is 3. The van der Waals surface area contributed by atoms with Crippen LogP contribution in [-0.4, -0.2) is 53.8 Å². The van der Waals surface area contributed by atoms with Crippen molar-refractivity contribution in [2.24, 2.45) is 0 Å². The van der Waals surface area contributed by atoms with Crippen LogP contribution in [0.5, 0.6) is 11.5 Å². The van der Waals surface area contributed by atoms with Gasteiger partial charge in [0.05, 0.1) is 7.11 Å². The van der Waals surface area contributed by atoms with Gasteiger partial charge in [0.25, 0.3) is 0 Å². The number of Topliss-reactive ketones (excluding diaryl/α,β-unsaturated/α-hetero) is 1. The first-order valence-electron chi connectivity index (χ1n) is 6.01. The molecule has 110 valence electrons. The number of ketones is 1. The van der Waals surface area contributed by atoms with Gasteiger partial charge >= 0.3 is 0 Å². The number of aliphatic hydroxyl groups is 2. The quantitative estimate of drug-likeness (QED) is 0.699. The van der Waals surface area contributed by atoms with Crippen LogP contribution in [0, 0.1) is 0 Å². The standard InChI is InChI=1S/C13H16O7/c1-18-10-4-7(2-3-9(10)15)11(16)12(17)13-19-5-8(14)6-20-13/h2-4,11-13,15-17H,5-6H2,1H3/t11-,12+/m1/s1. The molecule has 1 fully saturated rings. The lowest BCUT2D eigenvalue weighted by Gasteiger charge is -2.29. The van der Waals surface area contributed by atoms with Crippen LogP contribution < -0.4 is 4.74 Å². The Bertz CT molecular complexity index is 478. The molecule has 20 heavy (non-hydrogen) atoms. The molecular weight excluding hydrogens is 268 g/mol. The van der Waals surface area contributed by atoms with Crippen molar-refractivity contribution < 1.29 is 34.3 Å². The largest absolute Gasteiger partial charge is 0.504 e. The molecule has 2 atom stereocenters. The predicted octanol–water partition coefficient (Wildman–Crippen LogP) is -0.263. The number of carbonyl (C=O) groups is 1. The summed E-state index contributed by atoms with van der Waals surface area (Å²) in [5.41, 5.74) is 0.330. The predicted molar refractivity (Wildman–Crippen MR) is 66.3 cm³/mol. The number of rotatable bonds is 4. The van der Waals surface area contributed by atoms with Gasteiger partial charge in [-0.05, 0) is 17.7 Å². The summed E-state index contributed by atoms with van der Waals surface area (Å²) < 4.78 is 15.0. The van der Waals surface area contributed by atoms with Crippen molar-refractivity contribution in [1.29, 1.82) is 0 Å². The minimum atomic E-state index is -1.36. The Labute approximate surface area is 115 Å². The van der Waals surface area contributed by atoms with Crippen molar-refractivity contribution in [3.63, 3.8) is 0 Å². The highest BCUT2D eigenvalue weighted by atomic mass is 16.7. The number of aromatic hydroxyl groups is 1. The fourth-order valence-electron chi connectivity index (χ4n) is 1.86. The van der Waals surface area contributed by atoms with E-state index in [1.165, 1.54) is 25.3 Å². The van der Waals surface area contributed by atoms with Crippen LogP contribution in [0.4, 0.5) is 0 Å². The molecule has 1 heterocycles. The summed E-state index contributed by atoms with van der Waals surface area (Å²) in [7, 11) is 1.38. The van der Waals surface area contributed by atoms with Gasteiger partial charge in [-0.2, -0.15) is 0 Å². The zero-order chi connectivity index (χ0) is 14.7. The monoisotopic (exact) mass is 284 g/mol. The van der Waals surface area contributed by atoms with E-state index in [2.05, 4.69) is 0 Å². The normalized spacial score (nSPS) is 19.6. The summed E-state index contributed by atoms with van der Waals surface area (Å²) in [6, 6.07) is 4.19. The second-order valence-electron chi connectivity index (χ2n) is 4.40. The Morgan fingerprint density at radius 2 is 1.95 bits per heavy atom. The van der Waals surface area contributed by atoms with Crippen LogP contribution >= 0.6 is 0 Å². The molecule has 0 amide bonds. The second-order valence-corrected chi connectivity index (χ2v) is 4.40. The maximum Gasteiger partial charge on any atom is 0.187 e. The summed E-state index contributed by atoms with van der Waals surface area (Å²) in [5, 5.41) is 29.6. The van der Waals surface area contributed by atoms with Gasteiger partial charge in [0.15, 0.2) is 23.6 Å². The molecule has 1 aliphatic rings. The topological polar surface area (TPSA) is 105 Å². The first kappa shape index (κ1) is 14.7. The van der Waals surface area contributed by atoms with Crippen molar-refractivity contribution in [3.8, 4) is 11.5 Å². The van der Waals surface area contributed by atoms with Crippen LogP contribution in [-0.2, 0) is 14.3 Å². The molecule has 0 radical (unpaired) electrons. The molecule has 0 aromatic heterocycles. The molecule has 3 N–H and O–H groups in total. The highest BCUT2D eigenvalue weighted by Gasteiger charge is 2.32. The maximum atomic E-state index is 11.0. The zero-order valence-corrected chi connectivity index (χ0v) is 10.9. The van der Waals surface area contributed by atoms with Crippen molar-refractivity contribution in [2.45, 2.75) is 18.5 Å². The average molecular weight is 284 g/mol. The molecule has 7 nitrogen and oxygen atoms in total. The SMILES string of the molecule is COc1cc([C@@H](O)[C@H](O)C2OCC(=O)CO2)ccc1O. The molecule has 0 aliphatic carbocycles. The van der Waals surface area contributed by atoms with Crippen LogP contribution in [0.2, 0.25) is 0 Å². The fraction of sp³-hybridized carbons (Fsp3) is 0.462. The van der Waals surface area contributed by atoms with E-state index in [1.54, 1.807) is 0 Å². The van der Waals surface area contributed by atoms with Gasteiger partial charge in [-0.1, -0.05) is 6.07 Å². The van der Waals surface area contributed by atoms with Crippen LogP contribution in [0.15, 0.2) is 18.2 Å². The molecular formula is C13H16O7. The van der Waals surface area contributed by atoms with Crippen LogP contribution in [0.1, 0.15) is 11.7 Å². The summed E-state index contributed by atoms with van der Waals surface area (Å²) in [5.74, 6) is -0.127. The molecule has 0 spiro atoms. The number of carbonyl (C=O) groups excluding carboxylic acids is 1. The summed E-state index contributed by atoms with van der Waals surface area (Å²) in [6.07, 6.45) is -3.75. The lowest BCUT2D eigenvalue weighted by molar-refractivity contribution is -0.233. The third kappa shape index (κ3) is 3.07. The van der Waals surface area contributed by atoms with Gasteiger partial charge in [-0.15, -0.1) is 0 Å². The van der Waals surface area contributed by atoms with E-state index in [4.69, 9.17) is 14.2 Å². The summed E-state index contributed by atoms with van der Waals surface area (Å²) in [4.78, 5) is 11.0. The number of phenolic OH excluding ortho intramolecular Hbond substituents is 1.